The van der Waals surface area contributed by atoms with Crippen molar-refractivity contribution in [1.29, 1.82) is 0 Å². The Hall–Kier alpha value is -14.6. The summed E-state index contributed by atoms with van der Waals surface area (Å²) in [5.41, 5.74) is 38.0. The molecule has 0 radical (unpaired) electrons. The summed E-state index contributed by atoms with van der Waals surface area (Å²) in [7, 11) is 5.04. The maximum Gasteiger partial charge on any atom is 0.296 e. The molecule has 3 aliphatic rings. The number of nitrogens with zero attached hydrogens (tertiary/aromatic N) is 11. The summed E-state index contributed by atoms with van der Waals surface area (Å²) >= 11 is 0. The zero-order valence-corrected chi connectivity index (χ0v) is 81.3. The van der Waals surface area contributed by atoms with Crippen molar-refractivity contribution in [3.05, 3.63) is 325 Å². The van der Waals surface area contributed by atoms with Crippen LogP contribution in [0.4, 0.5) is 91.0 Å². The van der Waals surface area contributed by atoms with Crippen molar-refractivity contribution in [2.24, 2.45) is 35.5 Å². The van der Waals surface area contributed by atoms with Crippen molar-refractivity contribution in [2.75, 3.05) is 183 Å². The number of halogens is 2. The number of nitrogens with two attached hydrogens (primary N) is 4. The quantitative estimate of drug-likeness (QED) is 0.00323. The van der Waals surface area contributed by atoms with Crippen molar-refractivity contribution < 1.29 is 104 Å². The van der Waals surface area contributed by atoms with Crippen LogP contribution in [0.25, 0.3) is 0 Å². The molecule has 0 spiro atoms. The molecule has 0 fully saturated rings. The van der Waals surface area contributed by atoms with Crippen molar-refractivity contribution >= 4 is 114 Å². The van der Waals surface area contributed by atoms with Gasteiger partial charge in [-0.3, -0.25) is 19.7 Å². The van der Waals surface area contributed by atoms with Crippen LogP contribution in [0.3, 0.4) is 0 Å². The number of anilines is 13. The number of aryl methyl sites for hydroxylation is 4. The normalized spacial score (nSPS) is 12.5. The van der Waals surface area contributed by atoms with E-state index in [4.69, 9.17) is 53.2 Å². The number of hydrogen-bond acceptors (Lipinski definition) is 30. The number of ketones is 2. The van der Waals surface area contributed by atoms with E-state index >= 15 is 0 Å². The number of imidazole rings is 2. The number of aromatic nitrogens is 4. The second-order valence-corrected chi connectivity index (χ2v) is 31.7. The van der Waals surface area contributed by atoms with Crippen LogP contribution >= 0.6 is 0 Å². The Kier molecular flexibility index (Phi) is 54.9. The van der Waals surface area contributed by atoms with Crippen LogP contribution in [0.5, 0.6) is 11.5 Å². The smallest absolute Gasteiger partial charge is 0.296 e. The number of phenols is 1. The largest absolute Gasteiger partial charge is 1.00 e. The lowest BCUT2D eigenvalue weighted by molar-refractivity contribution is -0.671. The van der Waals surface area contributed by atoms with Gasteiger partial charge in [-0.05, 0) is 219 Å². The molecule has 14 rings (SSSR count). The first-order chi connectivity index (χ1) is 67.6. The average Bonchev–Trinajstić information content (AvgIpc) is 0.897. The molecule has 35 nitrogen and oxygen atoms in total. The number of nitro benzene ring substituents is 1. The number of nitrogens with one attached hydrogen (secondary N) is 5. The number of carbonyl (C=O) groups is 2. The molecule has 0 aliphatic heterocycles. The predicted octanol–water partition coefficient (Wildman–Crippen LogP) is 5.61. The van der Waals surface area contributed by atoms with Gasteiger partial charge in [-0.2, -0.15) is 0 Å². The number of aromatic hydroxyl groups is 1. The second-order valence-electron chi connectivity index (χ2n) is 31.7. The molecular formula is C105H138Cl2N20O15. The van der Waals surface area contributed by atoms with Gasteiger partial charge in [0.05, 0.1) is 142 Å². The van der Waals surface area contributed by atoms with E-state index in [1.54, 1.807) is 48.6 Å². The van der Waals surface area contributed by atoms with Gasteiger partial charge in [0.25, 0.3) is 5.69 Å². The highest BCUT2D eigenvalue weighted by Crippen LogP contribution is 2.34. The Morgan fingerprint density at radius 2 is 0.859 bits per heavy atom. The fourth-order valence-corrected chi connectivity index (χ4v) is 14.1. The molecule has 0 saturated heterocycles. The van der Waals surface area contributed by atoms with E-state index in [0.29, 0.717) is 127 Å². The first-order valence-electron chi connectivity index (χ1n) is 45.8. The van der Waals surface area contributed by atoms with Gasteiger partial charge in [0, 0.05) is 160 Å². The maximum atomic E-state index is 12.6. The molecule has 2 aromatic heterocycles. The molecular weight excluding hydrogens is 1850 g/mol. The molecule has 11 aromatic rings. The predicted molar refractivity (Wildman–Crippen MR) is 561 cm³/mol. The third kappa shape index (κ3) is 41.8. The number of benzene rings is 9. The Labute approximate surface area is 843 Å². The molecule has 23 N–H and O–H groups in total. The molecule has 3 aliphatic carbocycles. The fraction of sp³-hybridized carbons (Fsp3) is 0.295. The summed E-state index contributed by atoms with van der Waals surface area (Å²) in [6.45, 7) is 7.66. The second kappa shape index (κ2) is 66.1. The summed E-state index contributed by atoms with van der Waals surface area (Å²) in [5, 5.41) is 117. The minimum Gasteiger partial charge on any atom is -1.00 e. The average molecular weight is 1990 g/mol. The lowest BCUT2D eigenvalue weighted by atomic mass is 10.1. The first kappa shape index (κ1) is 118. The number of allylic oxidation sites excluding steroid dienone is 7. The van der Waals surface area contributed by atoms with Crippen LogP contribution in [0.2, 0.25) is 0 Å². The number of phenolic OH excluding ortho intramolecular Hbond substituents is 1. The highest BCUT2D eigenvalue weighted by Gasteiger charge is 2.21. The molecule has 0 atom stereocenters. The highest BCUT2D eigenvalue weighted by molar-refractivity contribution is 6.23. The van der Waals surface area contributed by atoms with Crippen LogP contribution in [0, 0.1) is 10.1 Å². The van der Waals surface area contributed by atoms with E-state index in [2.05, 4.69) is 82.9 Å². The zero-order chi connectivity index (χ0) is 99.9. The van der Waals surface area contributed by atoms with Crippen LogP contribution in [0.1, 0.15) is 51.5 Å². The van der Waals surface area contributed by atoms with Gasteiger partial charge >= 0.3 is 0 Å². The molecule has 37 heteroatoms. The topological polar surface area (TPSA) is 508 Å². The Balaban J connectivity index is 0.000000312. The third-order valence-corrected chi connectivity index (χ3v) is 21.2. The molecule has 0 unspecified atom stereocenters. The standard InChI is InChI=1S/C29H35N7O3.C23H25N3O5.C16H21N3O3.C16H19N3O3.C13H19N4.C6H10.CH4O.CH4.2ClH/c1-34-13-14-35(21-34)12-2-11-31-22-3-5-23(6-4-22)33-28-20-27(26(30)19-29(28)39)32-24-7-9-25(10-8-24)36(15-17-37)16-18-38;27-14-12-25(13-15-28)20-8-6-19(7-9-20)24-22-11-10-21(16-23(22)26(29)30)31-17-18-4-2-1-3-5-18;2*17-15-11-14(22)5-6-16(15)18-12-1-3-13(4-2-12)19(7-9-20)8-10-21;1-16-9-10-17(11-16)8-2-7-15-13-5-3-12(14)4-6-13;1-2-4-6-5-3-1;1-2;;;/h3-10,13-14,19-21,37-38H,2,11-12,15-18H2,1H3,(H3-,30,31,32,33,39);1-11,16,24,27-28H,12-15,17H2;1-6,11,18,20-22H,7-10,17H2;1-6,11,20-21H,7-10,17H2;3-6,9-11,15H,2,7-8,14H2,1H3;1-2H,3-6H2;2H,1H3;1H4;2*1H/q;;;;+1;;;;;/p-1. The van der Waals surface area contributed by atoms with E-state index in [1.807, 2.05) is 219 Å². The number of aliphatic hydroxyl groups excluding tert-OH is 9. The van der Waals surface area contributed by atoms with E-state index < -0.39 is 4.92 Å². The molecule has 762 valence electrons. The summed E-state index contributed by atoms with van der Waals surface area (Å²) in [5.74, 6) is 0.184. The number of nitrogen functional groups attached to an aromatic ring is 2. The van der Waals surface area contributed by atoms with E-state index in [1.165, 1.54) is 56.0 Å². The number of hydrogen-bond donors (Lipinski definition) is 19. The number of nitro groups is 1. The number of rotatable bonds is 42. The number of ether oxygens (including phenoxy) is 1. The van der Waals surface area contributed by atoms with E-state index in [9.17, 15) is 45.2 Å². The van der Waals surface area contributed by atoms with E-state index in [0.717, 1.165) is 103 Å². The van der Waals surface area contributed by atoms with Gasteiger partial charge in [-0.15, -0.1) is 0 Å². The minimum absolute atomic E-state index is 0. The highest BCUT2D eigenvalue weighted by atomic mass is 35.5. The lowest BCUT2D eigenvalue weighted by Crippen LogP contribution is -3.00. The first-order valence-corrected chi connectivity index (χ1v) is 45.8. The van der Waals surface area contributed by atoms with Gasteiger partial charge in [-0.1, -0.05) is 49.9 Å². The minimum atomic E-state index is -0.448. The molecule has 0 saturated carbocycles. The lowest BCUT2D eigenvalue weighted by Gasteiger charge is -2.23. The summed E-state index contributed by atoms with van der Waals surface area (Å²) < 4.78 is 14.1. The van der Waals surface area contributed by atoms with Crippen molar-refractivity contribution in [3.8, 4) is 11.5 Å². The van der Waals surface area contributed by atoms with Crippen molar-refractivity contribution in [3.63, 3.8) is 0 Å². The fourth-order valence-electron chi connectivity index (χ4n) is 14.1. The summed E-state index contributed by atoms with van der Waals surface area (Å²) in [6, 6.07) is 64.3. The van der Waals surface area contributed by atoms with Crippen LogP contribution in [0.15, 0.2) is 319 Å². The van der Waals surface area contributed by atoms with Gasteiger partial charge in [-0.25, -0.2) is 28.3 Å². The van der Waals surface area contributed by atoms with Gasteiger partial charge in [0.15, 0.2) is 5.78 Å². The molecule has 0 amide bonds. The number of aliphatic hydroxyl groups is 9. The van der Waals surface area contributed by atoms with Gasteiger partial charge in [0.1, 0.15) is 48.6 Å². The molecule has 142 heavy (non-hydrogen) atoms. The molecule has 0 bridgehead atoms. The van der Waals surface area contributed by atoms with Gasteiger partial charge < -0.3 is 150 Å². The van der Waals surface area contributed by atoms with E-state index in [-0.39, 0.29) is 108 Å². The zero-order valence-electron chi connectivity index (χ0n) is 79.8. The SMILES string of the molecule is C.C1=CCCCC1.CO.C[n+]1ccn(CCCNc2ccc(N)cc2)c1.C[n+]1ccn(CCCNc2ccc(NC3=CC(=Nc4ccc(N(CCO)CCO)cc4)C(N)=CC3=O)cc2)c1.NC1=CC(=O)C=CC1=Nc1ccc(N(CCO)CCO)cc1.Nc1cc(O)ccc1Nc1ccc(N(CCO)CCO)cc1.O=[N+]([O-])c1cc(OCc2ccccc2)ccc1Nc1ccc(N(CCO)CCO)cc1.[Cl-].[Cl-]. The van der Waals surface area contributed by atoms with Gasteiger partial charge in [0.2, 0.25) is 18.4 Å². The molecule has 2 heterocycles. The molecule has 9 aromatic carbocycles. The van der Waals surface area contributed by atoms with Crippen molar-refractivity contribution in [1.82, 2.24) is 9.13 Å². The third-order valence-electron chi connectivity index (χ3n) is 21.2. The Morgan fingerprint density at radius 1 is 0.465 bits per heavy atom. The van der Waals surface area contributed by atoms with Crippen LogP contribution < -0.4 is 108 Å². The number of aliphatic imine (C=N–C) groups is 2. The summed E-state index contributed by atoms with van der Waals surface area (Å²) in [6.07, 6.45) is 31.9. The number of carbonyl (C=O) groups excluding carboxylic acids is 2. The Bertz CT molecular complexity index is 5700. The summed E-state index contributed by atoms with van der Waals surface area (Å²) in [4.78, 5) is 51.4. The van der Waals surface area contributed by atoms with Crippen LogP contribution in [-0.4, -0.2) is 214 Å². The van der Waals surface area contributed by atoms with Crippen molar-refractivity contribution in [2.45, 2.75) is 65.6 Å². The Morgan fingerprint density at radius 3 is 1.26 bits per heavy atom. The van der Waals surface area contributed by atoms with Crippen LogP contribution in [-0.2, 0) is 43.4 Å². The maximum absolute atomic E-state index is 12.6. The monoisotopic (exact) mass is 1990 g/mol.